The first-order valence-corrected chi connectivity index (χ1v) is 13.8. The maximum Gasteiger partial charge on any atom is 0.124 e. The number of fused-ring (bicyclic) bond motifs is 5. The molecule has 5 aromatic carbocycles. The lowest BCUT2D eigenvalue weighted by Crippen LogP contribution is -1.91. The molecule has 0 saturated heterocycles. The summed E-state index contributed by atoms with van der Waals surface area (Å²) in [6, 6.07) is 42.6. The van der Waals surface area contributed by atoms with Gasteiger partial charge in [0.05, 0.1) is 26.9 Å². The summed E-state index contributed by atoms with van der Waals surface area (Å²) in [6.07, 6.45) is 1.84. The molecule has 39 heavy (non-hydrogen) atoms. The summed E-state index contributed by atoms with van der Waals surface area (Å²) >= 11 is 1.74. The Hall–Kier alpha value is -4.93. The number of benzene rings is 5. The second kappa shape index (κ2) is 8.83. The minimum absolute atomic E-state index is 0.934. The summed E-state index contributed by atoms with van der Waals surface area (Å²) in [5.41, 5.74) is 8.53. The van der Waals surface area contributed by atoms with Crippen molar-refractivity contribution in [2.24, 2.45) is 0 Å². The van der Waals surface area contributed by atoms with Gasteiger partial charge in [-0.2, -0.15) is 0 Å². The Bertz CT molecular complexity index is 2180. The first kappa shape index (κ1) is 22.1. The van der Waals surface area contributed by atoms with Crippen LogP contribution in [0.3, 0.4) is 0 Å². The smallest absolute Gasteiger partial charge is 0.124 e. The zero-order chi connectivity index (χ0) is 25.8. The largest absolute Gasteiger partial charge is 0.254 e. The highest BCUT2D eigenvalue weighted by atomic mass is 32.1. The van der Waals surface area contributed by atoms with Crippen molar-refractivity contribution in [3.8, 4) is 33.0 Å². The Morgan fingerprint density at radius 2 is 1.26 bits per heavy atom. The van der Waals surface area contributed by atoms with Crippen LogP contribution >= 0.6 is 11.3 Å². The fraction of sp³-hybridized carbons (Fsp3) is 0. The minimum Gasteiger partial charge on any atom is -0.254 e. The maximum atomic E-state index is 5.13. The second-order valence-electron chi connectivity index (χ2n) is 9.68. The molecule has 0 saturated carbocycles. The summed E-state index contributed by atoms with van der Waals surface area (Å²) in [5, 5.41) is 5.64. The standard InChI is InChI=1S/C35H21N3S/c1-2-7-24(8-3-1)35-38-31-19-15-25(21-32(31)39-35)26-16-17-29(28-11-5-4-10-27(26)28)30-18-14-23-13-12-22-9-6-20-36-33(22)34(23)37-30/h1-21H. The normalized spacial score (nSPS) is 11.6. The zero-order valence-corrected chi connectivity index (χ0v) is 21.7. The monoisotopic (exact) mass is 515 g/mol. The summed E-state index contributed by atoms with van der Waals surface area (Å²) in [4.78, 5) is 14.7. The molecule has 3 aromatic heterocycles. The first-order valence-electron chi connectivity index (χ1n) is 12.9. The molecule has 0 bridgehead atoms. The number of hydrogen-bond acceptors (Lipinski definition) is 4. The van der Waals surface area contributed by atoms with E-state index in [1.54, 1.807) is 11.3 Å². The molecule has 0 aliphatic heterocycles. The number of pyridine rings is 2. The first-order chi connectivity index (χ1) is 19.3. The molecule has 8 aromatic rings. The Morgan fingerprint density at radius 3 is 2.13 bits per heavy atom. The second-order valence-corrected chi connectivity index (χ2v) is 10.7. The van der Waals surface area contributed by atoms with E-state index in [1.807, 2.05) is 18.3 Å². The summed E-state index contributed by atoms with van der Waals surface area (Å²) < 4.78 is 1.19. The molecule has 0 aliphatic rings. The van der Waals surface area contributed by atoms with Crippen LogP contribution in [-0.2, 0) is 0 Å². The van der Waals surface area contributed by atoms with Crippen LogP contribution in [0.1, 0.15) is 0 Å². The van der Waals surface area contributed by atoms with Crippen LogP contribution < -0.4 is 0 Å². The van der Waals surface area contributed by atoms with Gasteiger partial charge in [-0.1, -0.05) is 97.1 Å². The van der Waals surface area contributed by atoms with Crippen molar-refractivity contribution >= 4 is 54.1 Å². The van der Waals surface area contributed by atoms with Gasteiger partial charge in [-0.3, -0.25) is 4.98 Å². The predicted octanol–water partition coefficient (Wildman–Crippen LogP) is 9.55. The minimum atomic E-state index is 0.934. The predicted molar refractivity (Wildman–Crippen MR) is 164 cm³/mol. The molecular formula is C35H21N3S. The van der Waals surface area contributed by atoms with Crippen molar-refractivity contribution in [3.63, 3.8) is 0 Å². The quantitative estimate of drug-likeness (QED) is 0.220. The van der Waals surface area contributed by atoms with Gasteiger partial charge in [0.1, 0.15) is 5.01 Å². The van der Waals surface area contributed by atoms with Crippen LogP contribution in [0.25, 0.3) is 75.8 Å². The SMILES string of the molecule is c1ccc(-c2nc3ccc(-c4ccc(-c5ccc6ccc7cccnc7c6n5)c5ccccc45)cc3s2)cc1. The highest BCUT2D eigenvalue weighted by molar-refractivity contribution is 7.21. The fourth-order valence-electron chi connectivity index (χ4n) is 5.44. The lowest BCUT2D eigenvalue weighted by atomic mass is 9.93. The van der Waals surface area contributed by atoms with Gasteiger partial charge >= 0.3 is 0 Å². The molecule has 0 aliphatic carbocycles. The van der Waals surface area contributed by atoms with Crippen molar-refractivity contribution in [2.75, 3.05) is 0 Å². The third kappa shape index (κ3) is 3.69. The van der Waals surface area contributed by atoms with Gasteiger partial charge in [0.15, 0.2) is 0 Å². The number of rotatable bonds is 3. The van der Waals surface area contributed by atoms with E-state index in [0.29, 0.717) is 0 Å². The number of nitrogens with zero attached hydrogens (tertiary/aromatic N) is 3. The number of aromatic nitrogens is 3. The molecule has 0 spiro atoms. The van der Waals surface area contributed by atoms with Crippen molar-refractivity contribution in [1.82, 2.24) is 15.0 Å². The van der Waals surface area contributed by atoms with Crippen LogP contribution in [0.5, 0.6) is 0 Å². The number of thiazole rings is 1. The van der Waals surface area contributed by atoms with E-state index in [4.69, 9.17) is 9.97 Å². The molecule has 0 N–H and O–H groups in total. The lowest BCUT2D eigenvalue weighted by Gasteiger charge is -2.12. The molecule has 8 rings (SSSR count). The van der Waals surface area contributed by atoms with Crippen LogP contribution in [0.2, 0.25) is 0 Å². The van der Waals surface area contributed by atoms with Crippen LogP contribution in [0, 0.1) is 0 Å². The summed E-state index contributed by atoms with van der Waals surface area (Å²) in [6.45, 7) is 0. The molecule has 0 atom stereocenters. The lowest BCUT2D eigenvalue weighted by molar-refractivity contribution is 1.37. The molecule has 3 nitrogen and oxygen atoms in total. The zero-order valence-electron chi connectivity index (χ0n) is 20.9. The van der Waals surface area contributed by atoms with E-state index in [2.05, 4.69) is 114 Å². The van der Waals surface area contributed by atoms with Gasteiger partial charge in [0.2, 0.25) is 0 Å². The molecule has 3 heterocycles. The average Bonchev–Trinajstić information content (AvgIpc) is 3.44. The summed E-state index contributed by atoms with van der Waals surface area (Å²) in [7, 11) is 0. The highest BCUT2D eigenvalue weighted by Gasteiger charge is 2.13. The third-order valence-electron chi connectivity index (χ3n) is 7.35. The third-order valence-corrected chi connectivity index (χ3v) is 8.42. The Balaban J connectivity index is 1.28. The van der Waals surface area contributed by atoms with Gasteiger partial charge in [0.25, 0.3) is 0 Å². The maximum absolute atomic E-state index is 5.13. The van der Waals surface area contributed by atoms with E-state index in [-0.39, 0.29) is 0 Å². The molecule has 0 radical (unpaired) electrons. The summed E-state index contributed by atoms with van der Waals surface area (Å²) in [5.74, 6) is 0. The van der Waals surface area contributed by atoms with Crippen molar-refractivity contribution < 1.29 is 0 Å². The van der Waals surface area contributed by atoms with E-state index in [1.165, 1.54) is 26.6 Å². The Kier molecular flexibility index (Phi) is 5.00. The average molecular weight is 516 g/mol. The van der Waals surface area contributed by atoms with E-state index in [0.717, 1.165) is 49.2 Å². The molecule has 0 amide bonds. The highest BCUT2D eigenvalue weighted by Crippen LogP contribution is 2.38. The fourth-order valence-corrected chi connectivity index (χ4v) is 6.45. The van der Waals surface area contributed by atoms with Crippen LogP contribution in [-0.4, -0.2) is 15.0 Å². The van der Waals surface area contributed by atoms with Crippen molar-refractivity contribution in [2.45, 2.75) is 0 Å². The molecular weight excluding hydrogens is 494 g/mol. The number of hydrogen-bond donors (Lipinski definition) is 0. The van der Waals surface area contributed by atoms with E-state index >= 15 is 0 Å². The Morgan fingerprint density at radius 1 is 0.513 bits per heavy atom. The molecule has 182 valence electrons. The Labute approximate surface area is 229 Å². The van der Waals surface area contributed by atoms with Crippen LogP contribution in [0.15, 0.2) is 128 Å². The topological polar surface area (TPSA) is 38.7 Å². The molecule has 4 heteroatoms. The van der Waals surface area contributed by atoms with Crippen molar-refractivity contribution in [1.29, 1.82) is 0 Å². The van der Waals surface area contributed by atoms with Gasteiger partial charge in [0, 0.05) is 28.1 Å². The molecule has 0 unspecified atom stereocenters. The van der Waals surface area contributed by atoms with Crippen molar-refractivity contribution in [3.05, 3.63) is 128 Å². The van der Waals surface area contributed by atoms with Gasteiger partial charge in [-0.25, -0.2) is 9.97 Å². The van der Waals surface area contributed by atoms with E-state index < -0.39 is 0 Å². The van der Waals surface area contributed by atoms with Gasteiger partial charge < -0.3 is 0 Å². The van der Waals surface area contributed by atoms with Gasteiger partial charge in [-0.15, -0.1) is 11.3 Å². The van der Waals surface area contributed by atoms with Crippen LogP contribution in [0.4, 0.5) is 0 Å². The van der Waals surface area contributed by atoms with E-state index in [9.17, 15) is 0 Å². The molecule has 0 fully saturated rings. The van der Waals surface area contributed by atoms with Gasteiger partial charge in [-0.05, 0) is 46.2 Å².